The first-order valence-corrected chi connectivity index (χ1v) is 7.28. The predicted octanol–water partition coefficient (Wildman–Crippen LogP) is 2.62. The van der Waals surface area contributed by atoms with Crippen LogP contribution in [0, 0.1) is 13.8 Å². The molecule has 1 unspecified atom stereocenters. The van der Waals surface area contributed by atoms with Crippen LogP contribution in [-0.2, 0) is 13.1 Å². The molecule has 2 heterocycles. The molecule has 1 aliphatic rings. The molecule has 0 aliphatic heterocycles. The Morgan fingerprint density at radius 3 is 2.85 bits per heavy atom. The van der Waals surface area contributed by atoms with Gasteiger partial charge in [0.2, 0.25) is 0 Å². The van der Waals surface area contributed by atoms with Crippen molar-refractivity contribution in [2.75, 3.05) is 0 Å². The summed E-state index contributed by atoms with van der Waals surface area (Å²) >= 11 is 0. The van der Waals surface area contributed by atoms with E-state index in [2.05, 4.69) is 38.0 Å². The predicted molar refractivity (Wildman–Crippen MR) is 77.5 cm³/mol. The highest BCUT2D eigenvalue weighted by Crippen LogP contribution is 2.27. The van der Waals surface area contributed by atoms with Gasteiger partial charge in [0.1, 0.15) is 17.5 Å². The minimum absolute atomic E-state index is 0.563. The fourth-order valence-corrected chi connectivity index (χ4v) is 2.87. The van der Waals surface area contributed by atoms with E-state index in [1.165, 1.54) is 18.7 Å². The SMILES string of the molecule is Cc1nc(C)n(CCn2ccnc2C2CC=CCC2)n1. The minimum atomic E-state index is 0.563. The Bertz CT molecular complexity index is 608. The molecule has 0 aromatic carbocycles. The molecule has 0 N–H and O–H groups in total. The number of hydrogen-bond donors (Lipinski definition) is 0. The summed E-state index contributed by atoms with van der Waals surface area (Å²) in [4.78, 5) is 8.90. The summed E-state index contributed by atoms with van der Waals surface area (Å²) < 4.78 is 4.24. The summed E-state index contributed by atoms with van der Waals surface area (Å²) in [6, 6.07) is 0. The summed E-state index contributed by atoms with van der Waals surface area (Å²) in [5.74, 6) is 3.59. The van der Waals surface area contributed by atoms with Crippen molar-refractivity contribution in [1.82, 2.24) is 24.3 Å². The quantitative estimate of drug-likeness (QED) is 0.803. The maximum absolute atomic E-state index is 4.56. The third-order valence-electron chi connectivity index (χ3n) is 3.90. The van der Waals surface area contributed by atoms with E-state index in [0.29, 0.717) is 5.92 Å². The molecular weight excluding hydrogens is 250 g/mol. The first-order valence-electron chi connectivity index (χ1n) is 7.28. The first kappa shape index (κ1) is 13.1. The number of aromatic nitrogens is 5. The van der Waals surface area contributed by atoms with Gasteiger partial charge in [0.15, 0.2) is 0 Å². The fraction of sp³-hybridized carbons (Fsp3) is 0.533. The minimum Gasteiger partial charge on any atom is -0.333 e. The van der Waals surface area contributed by atoms with Crippen molar-refractivity contribution in [3.8, 4) is 0 Å². The lowest BCUT2D eigenvalue weighted by Crippen LogP contribution is -2.15. The van der Waals surface area contributed by atoms with Gasteiger partial charge in [-0.25, -0.2) is 14.6 Å². The molecule has 0 fully saturated rings. The van der Waals surface area contributed by atoms with Crippen LogP contribution in [0.1, 0.15) is 42.7 Å². The Balaban J connectivity index is 1.70. The average Bonchev–Trinajstić information content (AvgIpc) is 3.04. The first-order chi connectivity index (χ1) is 9.74. The van der Waals surface area contributed by atoms with Gasteiger partial charge in [-0.2, -0.15) is 5.10 Å². The highest BCUT2D eigenvalue weighted by atomic mass is 15.3. The zero-order valence-electron chi connectivity index (χ0n) is 12.2. The molecule has 0 spiro atoms. The van der Waals surface area contributed by atoms with Crippen molar-refractivity contribution >= 4 is 0 Å². The summed E-state index contributed by atoms with van der Waals surface area (Å²) in [5.41, 5.74) is 0. The molecule has 5 nitrogen and oxygen atoms in total. The van der Waals surface area contributed by atoms with Crippen molar-refractivity contribution in [1.29, 1.82) is 0 Å². The average molecular weight is 271 g/mol. The summed E-state index contributed by atoms with van der Waals surface area (Å²) in [6.45, 7) is 5.68. The number of imidazole rings is 1. The Morgan fingerprint density at radius 2 is 2.15 bits per heavy atom. The lowest BCUT2D eigenvalue weighted by atomic mass is 9.94. The van der Waals surface area contributed by atoms with E-state index in [-0.39, 0.29) is 0 Å². The molecule has 0 amide bonds. The molecule has 106 valence electrons. The molecule has 0 bridgehead atoms. The van der Waals surface area contributed by atoms with Crippen molar-refractivity contribution in [3.05, 3.63) is 42.0 Å². The van der Waals surface area contributed by atoms with Crippen LogP contribution in [0.25, 0.3) is 0 Å². The van der Waals surface area contributed by atoms with E-state index >= 15 is 0 Å². The second kappa shape index (κ2) is 5.61. The van der Waals surface area contributed by atoms with Crippen molar-refractivity contribution < 1.29 is 0 Å². The molecule has 1 aliphatic carbocycles. The number of rotatable bonds is 4. The molecule has 3 rings (SSSR count). The van der Waals surface area contributed by atoms with Gasteiger partial charge in [-0.3, -0.25) is 0 Å². The van der Waals surface area contributed by atoms with Gasteiger partial charge in [0.05, 0.1) is 6.54 Å². The smallest absolute Gasteiger partial charge is 0.147 e. The van der Waals surface area contributed by atoms with E-state index in [4.69, 9.17) is 0 Å². The van der Waals surface area contributed by atoms with E-state index < -0.39 is 0 Å². The number of nitrogens with zero attached hydrogens (tertiary/aromatic N) is 5. The fourth-order valence-electron chi connectivity index (χ4n) is 2.87. The third-order valence-corrected chi connectivity index (χ3v) is 3.90. The van der Waals surface area contributed by atoms with Gasteiger partial charge in [0, 0.05) is 24.9 Å². The normalized spacial score (nSPS) is 18.6. The van der Waals surface area contributed by atoms with Crippen LogP contribution in [0.5, 0.6) is 0 Å². The monoisotopic (exact) mass is 271 g/mol. The summed E-state index contributed by atoms with van der Waals surface area (Å²) in [7, 11) is 0. The van der Waals surface area contributed by atoms with Gasteiger partial charge in [-0.15, -0.1) is 0 Å². The number of hydrogen-bond acceptors (Lipinski definition) is 3. The van der Waals surface area contributed by atoms with Crippen molar-refractivity contribution in [2.24, 2.45) is 0 Å². The molecule has 1 atom stereocenters. The molecule has 0 radical (unpaired) electrons. The standard InChI is InChI=1S/C15H21N5/c1-12-17-13(2)20(18-12)11-10-19-9-8-16-15(19)14-6-4-3-5-7-14/h3-4,8-9,14H,5-7,10-11H2,1-2H3. The highest BCUT2D eigenvalue weighted by molar-refractivity contribution is 5.07. The van der Waals surface area contributed by atoms with Crippen LogP contribution in [0.2, 0.25) is 0 Å². The van der Waals surface area contributed by atoms with E-state index in [1.54, 1.807) is 0 Å². The van der Waals surface area contributed by atoms with Crippen molar-refractivity contribution in [3.63, 3.8) is 0 Å². The number of allylic oxidation sites excluding steroid dienone is 2. The van der Waals surface area contributed by atoms with Crippen LogP contribution < -0.4 is 0 Å². The second-order valence-corrected chi connectivity index (χ2v) is 5.39. The van der Waals surface area contributed by atoms with Gasteiger partial charge in [0.25, 0.3) is 0 Å². The Kier molecular flexibility index (Phi) is 3.67. The lowest BCUT2D eigenvalue weighted by Gasteiger charge is -2.19. The van der Waals surface area contributed by atoms with Crippen molar-refractivity contribution in [2.45, 2.75) is 52.1 Å². The summed E-state index contributed by atoms with van der Waals surface area (Å²) in [5, 5.41) is 4.41. The van der Waals surface area contributed by atoms with E-state index in [9.17, 15) is 0 Å². The zero-order valence-corrected chi connectivity index (χ0v) is 12.2. The lowest BCUT2D eigenvalue weighted by molar-refractivity contribution is 0.480. The Labute approximate surface area is 119 Å². The molecule has 20 heavy (non-hydrogen) atoms. The van der Waals surface area contributed by atoms with E-state index in [0.717, 1.165) is 31.2 Å². The molecule has 2 aromatic heterocycles. The number of aryl methyl sites for hydroxylation is 4. The maximum atomic E-state index is 4.56. The molecule has 5 heteroatoms. The molecular formula is C15H21N5. The van der Waals surface area contributed by atoms with E-state index in [1.807, 2.05) is 24.7 Å². The van der Waals surface area contributed by atoms with Gasteiger partial charge in [-0.05, 0) is 33.1 Å². The topological polar surface area (TPSA) is 48.5 Å². The van der Waals surface area contributed by atoms with Gasteiger partial charge in [-0.1, -0.05) is 12.2 Å². The van der Waals surface area contributed by atoms with Crippen LogP contribution >= 0.6 is 0 Å². The summed E-state index contributed by atoms with van der Waals surface area (Å²) in [6.07, 6.45) is 12.0. The Hall–Kier alpha value is -1.91. The van der Waals surface area contributed by atoms with Crippen LogP contribution in [0.3, 0.4) is 0 Å². The van der Waals surface area contributed by atoms with Crippen LogP contribution in [0.15, 0.2) is 24.5 Å². The molecule has 2 aromatic rings. The van der Waals surface area contributed by atoms with Gasteiger partial charge >= 0.3 is 0 Å². The van der Waals surface area contributed by atoms with Crippen LogP contribution in [-0.4, -0.2) is 24.3 Å². The highest BCUT2D eigenvalue weighted by Gasteiger charge is 2.17. The third kappa shape index (κ3) is 2.66. The molecule has 0 saturated heterocycles. The second-order valence-electron chi connectivity index (χ2n) is 5.39. The Morgan fingerprint density at radius 1 is 1.25 bits per heavy atom. The molecule has 0 saturated carbocycles. The zero-order chi connectivity index (χ0) is 13.9. The van der Waals surface area contributed by atoms with Gasteiger partial charge < -0.3 is 4.57 Å². The van der Waals surface area contributed by atoms with Crippen LogP contribution in [0.4, 0.5) is 0 Å². The largest absolute Gasteiger partial charge is 0.333 e. The maximum Gasteiger partial charge on any atom is 0.147 e.